The Labute approximate surface area is 211 Å². The molecule has 35 heavy (non-hydrogen) atoms. The third-order valence-electron chi connectivity index (χ3n) is 5.36. The molecule has 0 bridgehead atoms. The molecule has 0 aliphatic carbocycles. The molecule has 2 aromatic heterocycles. The Morgan fingerprint density at radius 3 is 2.51 bits per heavy atom. The van der Waals surface area contributed by atoms with Gasteiger partial charge in [0.05, 0.1) is 22.1 Å². The molecule has 4 aromatic rings. The molecule has 2 heterocycles. The third-order valence-corrected chi connectivity index (χ3v) is 6.60. The summed E-state index contributed by atoms with van der Waals surface area (Å²) in [4.78, 5) is 28.4. The molecule has 0 spiro atoms. The highest BCUT2D eigenvalue weighted by Gasteiger charge is 2.23. The summed E-state index contributed by atoms with van der Waals surface area (Å²) in [6.07, 6.45) is 0. The predicted octanol–water partition coefficient (Wildman–Crippen LogP) is 6.29. The second-order valence-electron chi connectivity index (χ2n) is 9.04. The molecule has 0 aliphatic heterocycles. The largest absolute Gasteiger partial charge is 0.320 e. The molecule has 180 valence electrons. The van der Waals surface area contributed by atoms with Gasteiger partial charge in [-0.25, -0.2) is 9.50 Å². The standard InChI is InChI=1S/C25H24ClN5O3S/c1-15-23(16-9-11-17(26)12-10-16)24-28-20(25(2,3)4)13-22(30(24)29-15)35-14-21(32)27-18-7-5-6-8-19(18)31(33)34/h5-13H,14H2,1-4H3,(H,27,32). The van der Waals surface area contributed by atoms with Gasteiger partial charge in [0.2, 0.25) is 5.91 Å². The Morgan fingerprint density at radius 1 is 1.17 bits per heavy atom. The first-order valence-corrected chi connectivity index (χ1v) is 12.2. The molecule has 0 saturated heterocycles. The Kier molecular flexibility index (Phi) is 6.82. The van der Waals surface area contributed by atoms with Crippen molar-refractivity contribution in [2.24, 2.45) is 0 Å². The number of aromatic nitrogens is 3. The number of halogens is 1. The summed E-state index contributed by atoms with van der Waals surface area (Å²) >= 11 is 7.38. The lowest BCUT2D eigenvalue weighted by atomic mass is 9.92. The van der Waals surface area contributed by atoms with Gasteiger partial charge in [-0.1, -0.05) is 68.4 Å². The highest BCUT2D eigenvalue weighted by molar-refractivity contribution is 7.99. The molecule has 8 nitrogen and oxygen atoms in total. The van der Waals surface area contributed by atoms with Gasteiger partial charge in [0, 0.05) is 22.1 Å². The number of aryl methyl sites for hydroxylation is 1. The van der Waals surface area contributed by atoms with Crippen LogP contribution in [0.15, 0.2) is 59.6 Å². The van der Waals surface area contributed by atoms with Crippen LogP contribution in [0.3, 0.4) is 0 Å². The molecular formula is C25H24ClN5O3S. The molecule has 4 rings (SSSR count). The monoisotopic (exact) mass is 509 g/mol. The van der Waals surface area contributed by atoms with Gasteiger partial charge in [0.25, 0.3) is 5.69 Å². The first-order valence-electron chi connectivity index (χ1n) is 10.9. The molecule has 0 unspecified atom stereocenters. The number of nitrogens with one attached hydrogen (secondary N) is 1. The number of amides is 1. The van der Waals surface area contributed by atoms with Crippen molar-refractivity contribution in [3.05, 3.63) is 81.1 Å². The first-order chi connectivity index (χ1) is 16.5. The van der Waals surface area contributed by atoms with Crippen LogP contribution in [-0.2, 0) is 10.2 Å². The van der Waals surface area contributed by atoms with E-state index in [1.54, 1.807) is 16.6 Å². The molecule has 0 radical (unpaired) electrons. The summed E-state index contributed by atoms with van der Waals surface area (Å²) in [6.45, 7) is 8.15. The van der Waals surface area contributed by atoms with Crippen LogP contribution in [-0.4, -0.2) is 31.2 Å². The van der Waals surface area contributed by atoms with Crippen LogP contribution in [0.2, 0.25) is 5.02 Å². The number of para-hydroxylation sites is 2. The zero-order chi connectivity index (χ0) is 25.3. The lowest BCUT2D eigenvalue weighted by molar-refractivity contribution is -0.383. The minimum atomic E-state index is -0.518. The van der Waals surface area contributed by atoms with Gasteiger partial charge in [0.1, 0.15) is 10.7 Å². The van der Waals surface area contributed by atoms with Gasteiger partial charge >= 0.3 is 0 Å². The van der Waals surface area contributed by atoms with E-state index in [4.69, 9.17) is 21.7 Å². The number of carbonyl (C=O) groups excluding carboxylic acids is 1. The fourth-order valence-corrected chi connectivity index (χ4v) is 4.52. The fourth-order valence-electron chi connectivity index (χ4n) is 3.60. The van der Waals surface area contributed by atoms with Crippen molar-refractivity contribution >= 4 is 46.3 Å². The molecule has 0 saturated carbocycles. The number of nitrogens with zero attached hydrogens (tertiary/aromatic N) is 4. The molecule has 2 aromatic carbocycles. The molecule has 0 aliphatic rings. The second kappa shape index (κ2) is 9.67. The van der Waals surface area contributed by atoms with E-state index >= 15 is 0 Å². The van der Waals surface area contributed by atoms with E-state index in [2.05, 4.69) is 26.1 Å². The lowest BCUT2D eigenvalue weighted by Gasteiger charge is -2.19. The smallest absolute Gasteiger partial charge is 0.292 e. The van der Waals surface area contributed by atoms with Gasteiger partial charge in [-0.05, 0) is 36.8 Å². The van der Waals surface area contributed by atoms with E-state index in [0.717, 1.165) is 27.5 Å². The van der Waals surface area contributed by atoms with Crippen molar-refractivity contribution in [1.82, 2.24) is 14.6 Å². The number of anilines is 1. The van der Waals surface area contributed by atoms with E-state index in [1.807, 2.05) is 37.3 Å². The van der Waals surface area contributed by atoms with Gasteiger partial charge in [-0.3, -0.25) is 14.9 Å². The molecule has 1 N–H and O–H groups in total. The Hall–Kier alpha value is -3.43. The number of nitro benzene ring substituents is 1. The highest BCUT2D eigenvalue weighted by Crippen LogP contribution is 2.34. The molecule has 0 atom stereocenters. The van der Waals surface area contributed by atoms with Crippen LogP contribution in [0.25, 0.3) is 16.8 Å². The number of benzene rings is 2. The lowest BCUT2D eigenvalue weighted by Crippen LogP contribution is -2.17. The summed E-state index contributed by atoms with van der Waals surface area (Å²) in [5.74, 6) is -0.308. The molecule has 0 fully saturated rings. The number of carbonyl (C=O) groups is 1. The number of fused-ring (bicyclic) bond motifs is 1. The summed E-state index contributed by atoms with van der Waals surface area (Å²) in [5, 5.41) is 20.0. The Balaban J connectivity index is 1.69. The SMILES string of the molecule is Cc1nn2c(SCC(=O)Nc3ccccc3[N+](=O)[O-])cc(C(C)(C)C)nc2c1-c1ccc(Cl)cc1. The number of thioether (sulfide) groups is 1. The minimum Gasteiger partial charge on any atom is -0.320 e. The molecular weight excluding hydrogens is 486 g/mol. The van der Waals surface area contributed by atoms with Crippen molar-refractivity contribution in [2.75, 3.05) is 11.1 Å². The van der Waals surface area contributed by atoms with Crippen molar-refractivity contribution in [3.8, 4) is 11.1 Å². The summed E-state index contributed by atoms with van der Waals surface area (Å²) in [6, 6.07) is 15.5. The van der Waals surface area contributed by atoms with Gasteiger partial charge in [-0.15, -0.1) is 0 Å². The van der Waals surface area contributed by atoms with Gasteiger partial charge in [0.15, 0.2) is 5.65 Å². The van der Waals surface area contributed by atoms with Crippen LogP contribution < -0.4 is 5.32 Å². The van der Waals surface area contributed by atoms with Crippen LogP contribution in [0.1, 0.15) is 32.2 Å². The predicted molar refractivity (Wildman–Crippen MR) is 139 cm³/mol. The van der Waals surface area contributed by atoms with E-state index < -0.39 is 4.92 Å². The number of rotatable bonds is 6. The number of hydrogen-bond donors (Lipinski definition) is 1. The average Bonchev–Trinajstić information content (AvgIpc) is 3.13. The van der Waals surface area contributed by atoms with Crippen LogP contribution in [0, 0.1) is 17.0 Å². The van der Waals surface area contributed by atoms with Gasteiger partial charge in [-0.2, -0.15) is 5.10 Å². The Morgan fingerprint density at radius 2 is 1.86 bits per heavy atom. The van der Waals surface area contributed by atoms with Crippen molar-refractivity contribution in [1.29, 1.82) is 0 Å². The van der Waals surface area contributed by atoms with E-state index in [0.29, 0.717) is 10.7 Å². The van der Waals surface area contributed by atoms with E-state index in [1.165, 1.54) is 23.9 Å². The number of nitro groups is 1. The zero-order valence-electron chi connectivity index (χ0n) is 19.7. The van der Waals surface area contributed by atoms with Crippen LogP contribution in [0.5, 0.6) is 0 Å². The summed E-state index contributed by atoms with van der Waals surface area (Å²) in [5.41, 5.74) is 3.99. The summed E-state index contributed by atoms with van der Waals surface area (Å²) in [7, 11) is 0. The molecule has 10 heteroatoms. The first kappa shape index (κ1) is 24.7. The van der Waals surface area contributed by atoms with E-state index in [9.17, 15) is 14.9 Å². The zero-order valence-corrected chi connectivity index (χ0v) is 21.3. The highest BCUT2D eigenvalue weighted by atomic mass is 35.5. The summed E-state index contributed by atoms with van der Waals surface area (Å²) < 4.78 is 1.75. The maximum atomic E-state index is 12.7. The maximum Gasteiger partial charge on any atom is 0.292 e. The topological polar surface area (TPSA) is 102 Å². The van der Waals surface area contributed by atoms with Crippen molar-refractivity contribution < 1.29 is 9.72 Å². The Bertz CT molecular complexity index is 1430. The minimum absolute atomic E-state index is 0.0456. The van der Waals surface area contributed by atoms with E-state index in [-0.39, 0.29) is 28.4 Å². The fraction of sp³-hybridized carbons (Fsp3) is 0.240. The molecule has 1 amide bonds. The third kappa shape index (κ3) is 5.31. The average molecular weight is 510 g/mol. The quantitative estimate of drug-likeness (QED) is 0.142. The van der Waals surface area contributed by atoms with Crippen molar-refractivity contribution in [3.63, 3.8) is 0 Å². The van der Waals surface area contributed by atoms with Crippen LogP contribution in [0.4, 0.5) is 11.4 Å². The normalized spacial score (nSPS) is 11.6. The number of hydrogen-bond acceptors (Lipinski definition) is 6. The maximum absolute atomic E-state index is 12.7. The second-order valence-corrected chi connectivity index (χ2v) is 10.5. The van der Waals surface area contributed by atoms with Gasteiger partial charge < -0.3 is 5.32 Å². The van der Waals surface area contributed by atoms with Crippen LogP contribution >= 0.6 is 23.4 Å². The van der Waals surface area contributed by atoms with Crippen molar-refractivity contribution in [2.45, 2.75) is 38.1 Å².